The number of urea groups is 1. The quantitative estimate of drug-likeness (QED) is 0.736. The number of nitrogens with two attached hydrogens (primary N) is 1. The predicted octanol–water partition coefficient (Wildman–Crippen LogP) is 1.42. The van der Waals surface area contributed by atoms with Crippen LogP contribution in [0.25, 0.3) is 0 Å². The molecule has 5 heteroatoms. The molecule has 5 nitrogen and oxygen atoms in total. The van der Waals surface area contributed by atoms with Crippen LogP contribution in [0.1, 0.15) is 19.4 Å². The number of nitrogens with zero attached hydrogens (tertiary/aromatic N) is 1. The summed E-state index contributed by atoms with van der Waals surface area (Å²) in [6.45, 7) is 4.02. The zero-order valence-corrected chi connectivity index (χ0v) is 9.95. The van der Waals surface area contributed by atoms with E-state index in [0.29, 0.717) is 17.8 Å². The monoisotopic (exact) mass is 232 g/mol. The number of hydrogen-bond acceptors (Lipinski definition) is 3. The molecule has 0 aliphatic rings. The number of anilines is 1. The summed E-state index contributed by atoms with van der Waals surface area (Å²) in [5.41, 5.74) is 6.37. The summed E-state index contributed by atoms with van der Waals surface area (Å²) in [6.07, 6.45) is 0. The molecule has 0 bridgehead atoms. The number of amides is 2. The molecule has 0 aromatic heterocycles. The Kier molecular flexibility index (Phi) is 4.07. The lowest BCUT2D eigenvalue weighted by molar-refractivity contribution is 0.250. The first-order chi connectivity index (χ1) is 7.90. The normalized spacial score (nSPS) is 10.5. The first-order valence-electron chi connectivity index (χ1n) is 5.24. The van der Waals surface area contributed by atoms with Crippen molar-refractivity contribution in [1.82, 2.24) is 5.32 Å². The summed E-state index contributed by atoms with van der Waals surface area (Å²) in [5.74, 6) is 0. The van der Waals surface area contributed by atoms with Gasteiger partial charge in [0.1, 0.15) is 0 Å². The third-order valence-electron chi connectivity index (χ3n) is 1.95. The van der Waals surface area contributed by atoms with Gasteiger partial charge in [0, 0.05) is 17.8 Å². The van der Waals surface area contributed by atoms with Crippen LogP contribution in [0, 0.1) is 11.3 Å². The molecule has 0 fully saturated rings. The molecule has 1 aromatic carbocycles. The molecule has 0 saturated heterocycles. The van der Waals surface area contributed by atoms with Gasteiger partial charge in [-0.25, -0.2) is 4.79 Å². The Labute approximate surface area is 101 Å². The average molecular weight is 232 g/mol. The molecule has 0 radical (unpaired) electrons. The smallest absolute Gasteiger partial charge is 0.319 e. The van der Waals surface area contributed by atoms with E-state index in [4.69, 9.17) is 11.0 Å². The summed E-state index contributed by atoms with van der Waals surface area (Å²) < 4.78 is 0. The molecule has 0 heterocycles. The number of benzene rings is 1. The zero-order valence-electron chi connectivity index (χ0n) is 9.95. The third-order valence-corrected chi connectivity index (χ3v) is 1.95. The van der Waals surface area contributed by atoms with Crippen molar-refractivity contribution in [2.45, 2.75) is 19.4 Å². The van der Waals surface area contributed by atoms with E-state index in [1.165, 1.54) is 0 Å². The van der Waals surface area contributed by atoms with Crippen LogP contribution in [0.5, 0.6) is 0 Å². The SMILES string of the molecule is CC(C)(N)CNC(=O)Nc1cccc(C#N)c1. The minimum atomic E-state index is -0.453. The Morgan fingerprint density at radius 3 is 2.82 bits per heavy atom. The Bertz CT molecular complexity index is 443. The molecule has 0 unspecified atom stereocenters. The van der Waals surface area contributed by atoms with E-state index in [2.05, 4.69) is 10.6 Å². The van der Waals surface area contributed by atoms with Crippen LogP contribution < -0.4 is 16.4 Å². The van der Waals surface area contributed by atoms with Crippen molar-refractivity contribution in [1.29, 1.82) is 5.26 Å². The van der Waals surface area contributed by atoms with Gasteiger partial charge in [0.15, 0.2) is 0 Å². The van der Waals surface area contributed by atoms with Gasteiger partial charge >= 0.3 is 6.03 Å². The number of carbonyl (C=O) groups excluding carboxylic acids is 1. The highest BCUT2D eigenvalue weighted by Gasteiger charge is 2.12. The average Bonchev–Trinajstić information content (AvgIpc) is 2.26. The maximum Gasteiger partial charge on any atom is 0.319 e. The Morgan fingerprint density at radius 1 is 1.53 bits per heavy atom. The van der Waals surface area contributed by atoms with E-state index in [1.807, 2.05) is 19.9 Å². The minimum Gasteiger partial charge on any atom is -0.336 e. The second-order valence-corrected chi connectivity index (χ2v) is 4.49. The van der Waals surface area contributed by atoms with Crippen molar-refractivity contribution in [2.24, 2.45) is 5.73 Å². The van der Waals surface area contributed by atoms with Gasteiger partial charge < -0.3 is 16.4 Å². The van der Waals surface area contributed by atoms with Crippen LogP contribution in [-0.2, 0) is 0 Å². The second-order valence-electron chi connectivity index (χ2n) is 4.49. The molecule has 4 N–H and O–H groups in total. The molecule has 1 rings (SSSR count). The molecule has 0 aliphatic heterocycles. The number of nitriles is 1. The molecule has 0 aliphatic carbocycles. The molecule has 0 spiro atoms. The lowest BCUT2D eigenvalue weighted by atomic mass is 10.1. The van der Waals surface area contributed by atoms with Crippen molar-refractivity contribution >= 4 is 11.7 Å². The van der Waals surface area contributed by atoms with Crippen molar-refractivity contribution in [2.75, 3.05) is 11.9 Å². The highest BCUT2D eigenvalue weighted by molar-refractivity contribution is 5.89. The first-order valence-corrected chi connectivity index (χ1v) is 5.24. The van der Waals surface area contributed by atoms with Gasteiger partial charge in [-0.1, -0.05) is 6.07 Å². The van der Waals surface area contributed by atoms with Crippen LogP contribution in [0.15, 0.2) is 24.3 Å². The van der Waals surface area contributed by atoms with Gasteiger partial charge in [-0.05, 0) is 32.0 Å². The summed E-state index contributed by atoms with van der Waals surface area (Å²) in [6, 6.07) is 8.37. The van der Waals surface area contributed by atoms with Gasteiger partial charge in [-0.3, -0.25) is 0 Å². The lowest BCUT2D eigenvalue weighted by Gasteiger charge is -2.19. The summed E-state index contributed by atoms with van der Waals surface area (Å²) >= 11 is 0. The van der Waals surface area contributed by atoms with Crippen molar-refractivity contribution in [3.8, 4) is 6.07 Å². The van der Waals surface area contributed by atoms with Gasteiger partial charge in [0.2, 0.25) is 0 Å². The maximum absolute atomic E-state index is 11.5. The molecular weight excluding hydrogens is 216 g/mol. The molecule has 17 heavy (non-hydrogen) atoms. The topological polar surface area (TPSA) is 90.9 Å². The Hall–Kier alpha value is -2.06. The molecular formula is C12H16N4O. The predicted molar refractivity (Wildman–Crippen MR) is 66.4 cm³/mol. The number of hydrogen-bond donors (Lipinski definition) is 3. The maximum atomic E-state index is 11.5. The highest BCUT2D eigenvalue weighted by Crippen LogP contribution is 2.09. The van der Waals surface area contributed by atoms with E-state index in [1.54, 1.807) is 24.3 Å². The van der Waals surface area contributed by atoms with Crippen LogP contribution in [0.3, 0.4) is 0 Å². The number of nitrogens with one attached hydrogen (secondary N) is 2. The second kappa shape index (κ2) is 5.32. The van der Waals surface area contributed by atoms with Crippen LogP contribution in [0.2, 0.25) is 0 Å². The molecule has 0 atom stereocenters. The van der Waals surface area contributed by atoms with Crippen LogP contribution >= 0.6 is 0 Å². The van der Waals surface area contributed by atoms with E-state index in [9.17, 15) is 4.79 Å². The lowest BCUT2D eigenvalue weighted by Crippen LogP contribution is -2.46. The fraction of sp³-hybridized carbons (Fsp3) is 0.333. The zero-order chi connectivity index (χ0) is 12.9. The minimum absolute atomic E-state index is 0.335. The van der Waals surface area contributed by atoms with Crippen molar-refractivity contribution in [3.63, 3.8) is 0 Å². The van der Waals surface area contributed by atoms with Crippen LogP contribution in [0.4, 0.5) is 10.5 Å². The Balaban J connectivity index is 2.54. The molecule has 1 aromatic rings. The fourth-order valence-electron chi connectivity index (χ4n) is 1.15. The van der Waals surface area contributed by atoms with Crippen molar-refractivity contribution in [3.05, 3.63) is 29.8 Å². The first kappa shape index (κ1) is 13.0. The van der Waals surface area contributed by atoms with Gasteiger partial charge in [0.25, 0.3) is 0 Å². The molecule has 2 amide bonds. The highest BCUT2D eigenvalue weighted by atomic mass is 16.2. The van der Waals surface area contributed by atoms with E-state index in [0.717, 1.165) is 0 Å². The molecule has 0 saturated carbocycles. The summed E-state index contributed by atoms with van der Waals surface area (Å²) in [7, 11) is 0. The summed E-state index contributed by atoms with van der Waals surface area (Å²) in [4.78, 5) is 11.5. The third kappa shape index (κ3) is 5.00. The largest absolute Gasteiger partial charge is 0.336 e. The van der Waals surface area contributed by atoms with E-state index >= 15 is 0 Å². The van der Waals surface area contributed by atoms with Crippen LogP contribution in [-0.4, -0.2) is 18.1 Å². The standard InChI is InChI=1S/C12H16N4O/c1-12(2,14)8-15-11(17)16-10-5-3-4-9(6-10)7-13/h3-6H,8,14H2,1-2H3,(H2,15,16,17). The van der Waals surface area contributed by atoms with E-state index in [-0.39, 0.29) is 6.03 Å². The Morgan fingerprint density at radius 2 is 2.24 bits per heavy atom. The van der Waals surface area contributed by atoms with E-state index < -0.39 is 5.54 Å². The number of rotatable bonds is 3. The molecule has 90 valence electrons. The van der Waals surface area contributed by atoms with Gasteiger partial charge in [-0.2, -0.15) is 5.26 Å². The number of carbonyl (C=O) groups is 1. The van der Waals surface area contributed by atoms with Gasteiger partial charge in [-0.15, -0.1) is 0 Å². The fourth-order valence-corrected chi connectivity index (χ4v) is 1.15. The van der Waals surface area contributed by atoms with Gasteiger partial charge in [0.05, 0.1) is 11.6 Å². The summed E-state index contributed by atoms with van der Waals surface area (Å²) in [5, 5.41) is 14.0. The van der Waals surface area contributed by atoms with Crippen molar-refractivity contribution < 1.29 is 4.79 Å².